The zero-order valence-electron chi connectivity index (χ0n) is 10.9. The van der Waals surface area contributed by atoms with Gasteiger partial charge >= 0.3 is 0 Å². The Balaban J connectivity index is 2.18. The maximum Gasteiger partial charge on any atom is 0.208 e. The van der Waals surface area contributed by atoms with E-state index in [2.05, 4.69) is 20.3 Å². The second-order valence-electron chi connectivity index (χ2n) is 4.13. The van der Waals surface area contributed by atoms with E-state index in [1.165, 1.54) is 0 Å². The van der Waals surface area contributed by atoms with Crippen LogP contribution in [-0.2, 0) is 16.0 Å². The fourth-order valence-corrected chi connectivity index (χ4v) is 1.93. The summed E-state index contributed by atoms with van der Waals surface area (Å²) in [5.41, 5.74) is 0.912. The van der Waals surface area contributed by atoms with Gasteiger partial charge in [0.05, 0.1) is 31.7 Å². The van der Waals surface area contributed by atoms with Gasteiger partial charge in [0.15, 0.2) is 6.19 Å². The molecule has 102 valence electrons. The topological polar surface area (TPSA) is 98.6 Å². The molecule has 0 spiro atoms. The number of aromatic nitrogens is 2. The van der Waals surface area contributed by atoms with Crippen LogP contribution >= 0.6 is 0 Å². The van der Waals surface area contributed by atoms with Crippen LogP contribution in [0.3, 0.4) is 0 Å². The third-order valence-corrected chi connectivity index (χ3v) is 3.03. The largest absolute Gasteiger partial charge is 0.350 e. The molecule has 0 fully saturated rings. The van der Waals surface area contributed by atoms with Crippen molar-refractivity contribution in [3.8, 4) is 6.19 Å². The molecular formula is C11H16N6O2. The SMILES string of the molecule is COC1(OC)CN=C(NC#N)N(Cc2cnc[nH]2)C1. The predicted molar refractivity (Wildman–Crippen MR) is 66.8 cm³/mol. The fraction of sp³-hybridized carbons (Fsp3) is 0.545. The van der Waals surface area contributed by atoms with Gasteiger partial charge in [0.25, 0.3) is 0 Å². The third-order valence-electron chi connectivity index (χ3n) is 3.03. The zero-order chi connectivity index (χ0) is 13.7. The average Bonchev–Trinajstić information content (AvgIpc) is 2.94. The summed E-state index contributed by atoms with van der Waals surface area (Å²) in [5.74, 6) is -0.289. The van der Waals surface area contributed by atoms with E-state index in [0.717, 1.165) is 5.69 Å². The molecule has 0 aliphatic carbocycles. The lowest BCUT2D eigenvalue weighted by Crippen LogP contribution is -2.56. The lowest BCUT2D eigenvalue weighted by Gasteiger charge is -2.39. The van der Waals surface area contributed by atoms with E-state index in [0.29, 0.717) is 25.6 Å². The molecule has 1 aliphatic rings. The first kappa shape index (κ1) is 13.3. The Labute approximate surface area is 111 Å². The number of rotatable bonds is 4. The number of aromatic amines is 1. The monoisotopic (exact) mass is 264 g/mol. The second-order valence-corrected chi connectivity index (χ2v) is 4.13. The number of imidazole rings is 1. The maximum absolute atomic E-state index is 8.76. The first-order valence-electron chi connectivity index (χ1n) is 5.75. The van der Waals surface area contributed by atoms with Crippen LogP contribution in [-0.4, -0.2) is 53.9 Å². The first-order chi connectivity index (χ1) is 9.23. The smallest absolute Gasteiger partial charge is 0.208 e. The Bertz CT molecular complexity index is 474. The van der Waals surface area contributed by atoms with Gasteiger partial charge in [-0.15, -0.1) is 0 Å². The van der Waals surface area contributed by atoms with E-state index < -0.39 is 5.79 Å². The molecule has 0 atom stereocenters. The number of nitriles is 1. The van der Waals surface area contributed by atoms with Gasteiger partial charge in [-0.3, -0.25) is 5.32 Å². The molecule has 0 aromatic carbocycles. The van der Waals surface area contributed by atoms with Gasteiger partial charge in [-0.2, -0.15) is 5.26 Å². The van der Waals surface area contributed by atoms with Gasteiger partial charge in [-0.1, -0.05) is 0 Å². The minimum Gasteiger partial charge on any atom is -0.350 e. The Hall–Kier alpha value is -2.11. The molecule has 2 heterocycles. The Morgan fingerprint density at radius 3 is 2.95 bits per heavy atom. The maximum atomic E-state index is 8.76. The summed E-state index contributed by atoms with van der Waals surface area (Å²) < 4.78 is 10.8. The molecule has 1 aromatic rings. The summed E-state index contributed by atoms with van der Waals surface area (Å²) in [4.78, 5) is 13.1. The molecule has 2 N–H and O–H groups in total. The molecule has 8 nitrogen and oxygen atoms in total. The number of nitrogens with one attached hydrogen (secondary N) is 2. The standard InChI is InChI=1S/C11H16N6O2/c1-18-11(19-2)5-14-10(15-7-12)17(6-11)4-9-3-13-8-16-9/h3,8H,4-6H2,1-2H3,(H,13,16)(H,14,15). The number of aliphatic imine (C=N–C) groups is 1. The molecule has 8 heteroatoms. The van der Waals surface area contributed by atoms with Gasteiger partial charge in [-0.05, 0) is 0 Å². The Morgan fingerprint density at radius 1 is 1.58 bits per heavy atom. The lowest BCUT2D eigenvalue weighted by molar-refractivity contribution is -0.208. The van der Waals surface area contributed by atoms with Crippen molar-refractivity contribution in [1.29, 1.82) is 5.26 Å². The van der Waals surface area contributed by atoms with Gasteiger partial charge in [0, 0.05) is 20.4 Å². The molecular weight excluding hydrogens is 248 g/mol. The molecule has 1 aromatic heterocycles. The van der Waals surface area contributed by atoms with E-state index in [9.17, 15) is 0 Å². The van der Waals surface area contributed by atoms with Crippen LogP contribution in [0.1, 0.15) is 5.69 Å². The lowest BCUT2D eigenvalue weighted by atomic mass is 10.2. The van der Waals surface area contributed by atoms with Crippen molar-refractivity contribution in [1.82, 2.24) is 20.2 Å². The highest BCUT2D eigenvalue weighted by molar-refractivity contribution is 5.82. The molecule has 1 aliphatic heterocycles. The molecule has 19 heavy (non-hydrogen) atoms. The molecule has 0 bridgehead atoms. The fourth-order valence-electron chi connectivity index (χ4n) is 1.93. The minimum atomic E-state index is -0.791. The van der Waals surface area contributed by atoms with Gasteiger partial charge in [-0.25, -0.2) is 9.98 Å². The van der Waals surface area contributed by atoms with E-state index in [1.807, 2.05) is 11.1 Å². The van der Waals surface area contributed by atoms with Gasteiger partial charge < -0.3 is 19.4 Å². The molecule has 0 saturated heterocycles. The van der Waals surface area contributed by atoms with Crippen LogP contribution in [0.4, 0.5) is 0 Å². The van der Waals surface area contributed by atoms with Gasteiger partial charge in [0.1, 0.15) is 0 Å². The van der Waals surface area contributed by atoms with E-state index in [4.69, 9.17) is 14.7 Å². The van der Waals surface area contributed by atoms with Crippen molar-refractivity contribution < 1.29 is 9.47 Å². The summed E-state index contributed by atoms with van der Waals surface area (Å²) in [7, 11) is 3.16. The van der Waals surface area contributed by atoms with Crippen LogP contribution in [0.5, 0.6) is 0 Å². The first-order valence-corrected chi connectivity index (χ1v) is 5.75. The number of nitrogens with zero attached hydrogens (tertiary/aromatic N) is 4. The number of ether oxygens (including phenoxy) is 2. The quantitative estimate of drug-likeness (QED) is 0.438. The zero-order valence-corrected chi connectivity index (χ0v) is 10.9. The van der Waals surface area contributed by atoms with E-state index in [1.54, 1.807) is 26.7 Å². The van der Waals surface area contributed by atoms with Crippen LogP contribution < -0.4 is 5.32 Å². The van der Waals surface area contributed by atoms with Crippen molar-refractivity contribution in [2.24, 2.45) is 4.99 Å². The van der Waals surface area contributed by atoms with Crippen molar-refractivity contribution in [3.05, 3.63) is 18.2 Å². The molecule has 0 amide bonds. The molecule has 2 rings (SSSR count). The summed E-state index contributed by atoms with van der Waals surface area (Å²) in [6.07, 6.45) is 5.21. The van der Waals surface area contributed by atoms with E-state index >= 15 is 0 Å². The van der Waals surface area contributed by atoms with Crippen LogP contribution in [0.2, 0.25) is 0 Å². The van der Waals surface area contributed by atoms with Crippen LogP contribution in [0, 0.1) is 11.5 Å². The number of hydrogen-bond donors (Lipinski definition) is 2. The van der Waals surface area contributed by atoms with Crippen molar-refractivity contribution >= 4 is 5.96 Å². The molecule has 0 radical (unpaired) electrons. The number of methoxy groups -OCH3 is 2. The second kappa shape index (κ2) is 5.69. The Kier molecular flexibility index (Phi) is 3.99. The van der Waals surface area contributed by atoms with Gasteiger partial charge in [0.2, 0.25) is 11.7 Å². The van der Waals surface area contributed by atoms with Crippen LogP contribution in [0.15, 0.2) is 17.5 Å². The molecule has 0 unspecified atom stereocenters. The number of guanidine groups is 1. The highest BCUT2D eigenvalue weighted by atomic mass is 16.7. The summed E-state index contributed by atoms with van der Waals surface area (Å²) in [6, 6.07) is 0. The van der Waals surface area contributed by atoms with Crippen molar-refractivity contribution in [3.63, 3.8) is 0 Å². The average molecular weight is 264 g/mol. The van der Waals surface area contributed by atoms with Crippen molar-refractivity contribution in [2.75, 3.05) is 27.3 Å². The highest BCUT2D eigenvalue weighted by Gasteiger charge is 2.37. The van der Waals surface area contributed by atoms with E-state index in [-0.39, 0.29) is 0 Å². The normalized spacial score (nSPS) is 17.7. The number of H-pyrrole nitrogens is 1. The van der Waals surface area contributed by atoms with Crippen LogP contribution in [0.25, 0.3) is 0 Å². The van der Waals surface area contributed by atoms with Crippen molar-refractivity contribution in [2.45, 2.75) is 12.3 Å². The molecule has 0 saturated carbocycles. The Morgan fingerprint density at radius 2 is 2.37 bits per heavy atom. The third kappa shape index (κ3) is 2.83. The minimum absolute atomic E-state index is 0.337. The summed E-state index contributed by atoms with van der Waals surface area (Å²) in [6.45, 7) is 1.33. The summed E-state index contributed by atoms with van der Waals surface area (Å²) >= 11 is 0. The highest BCUT2D eigenvalue weighted by Crippen LogP contribution is 2.20. The predicted octanol–water partition coefficient (Wildman–Crippen LogP) is -0.359. The summed E-state index contributed by atoms with van der Waals surface area (Å²) in [5, 5.41) is 11.3. The number of hydrogen-bond acceptors (Lipinski definition) is 7.